The van der Waals surface area contributed by atoms with E-state index in [1.807, 2.05) is 6.26 Å². The van der Waals surface area contributed by atoms with Crippen LogP contribution < -0.4 is 21.7 Å². The van der Waals surface area contributed by atoms with E-state index in [1.54, 1.807) is 4.90 Å². The molecule has 11 nitrogen and oxygen atoms in total. The maximum Gasteiger partial charge on any atom is 0.320 e. The van der Waals surface area contributed by atoms with Crippen LogP contribution in [-0.2, 0) is 20.4 Å². The second kappa shape index (κ2) is 8.02. The van der Waals surface area contributed by atoms with E-state index in [-0.39, 0.29) is 10.9 Å². The lowest BCUT2D eigenvalue weighted by Crippen LogP contribution is -2.44. The summed E-state index contributed by atoms with van der Waals surface area (Å²) < 4.78 is 5.94. The summed E-state index contributed by atoms with van der Waals surface area (Å²) in [5.74, 6) is 0.903. The molecule has 2 aliphatic heterocycles. The number of hydrogen-bond donors (Lipinski definition) is 6. The Morgan fingerprint density at radius 1 is 1.48 bits per heavy atom. The highest BCUT2D eigenvalue weighted by Gasteiger charge is 2.49. The molecule has 0 radical (unpaired) electrons. The van der Waals surface area contributed by atoms with Gasteiger partial charge in [0.1, 0.15) is 47.9 Å². The van der Waals surface area contributed by atoms with E-state index in [4.69, 9.17) is 21.3 Å². The van der Waals surface area contributed by atoms with Gasteiger partial charge in [-0.05, 0) is 10.9 Å². The predicted molar refractivity (Wildman–Crippen MR) is 101 cm³/mol. The van der Waals surface area contributed by atoms with Crippen molar-refractivity contribution in [1.29, 1.82) is 0 Å². The molecule has 6 atom stereocenters. The minimum absolute atomic E-state index is 0.217. The highest BCUT2D eigenvalue weighted by molar-refractivity contribution is 7.96. The lowest BCUT2D eigenvalue weighted by Gasteiger charge is -2.26. The van der Waals surface area contributed by atoms with Crippen LogP contribution in [-0.4, -0.2) is 86.3 Å². The maximum absolute atomic E-state index is 10.8. The zero-order valence-corrected chi connectivity index (χ0v) is 15.7. The molecule has 1 fully saturated rings. The van der Waals surface area contributed by atoms with Crippen molar-refractivity contribution in [2.45, 2.75) is 37.0 Å². The minimum Gasteiger partial charge on any atom is -0.480 e. The van der Waals surface area contributed by atoms with Gasteiger partial charge in [0.05, 0.1) is 12.9 Å². The molecule has 150 valence electrons. The van der Waals surface area contributed by atoms with Gasteiger partial charge in [0.15, 0.2) is 17.9 Å². The van der Waals surface area contributed by atoms with Crippen LogP contribution in [0.25, 0.3) is 0 Å². The summed E-state index contributed by atoms with van der Waals surface area (Å²) in [6, 6.07) is -0.898. The zero-order chi connectivity index (χ0) is 19.7. The van der Waals surface area contributed by atoms with Crippen molar-refractivity contribution in [1.82, 2.24) is 9.97 Å². The van der Waals surface area contributed by atoms with Crippen molar-refractivity contribution >= 4 is 34.2 Å². The number of carbonyl (C=O) groups is 1. The van der Waals surface area contributed by atoms with Gasteiger partial charge in [0.2, 0.25) is 0 Å². The molecule has 0 spiro atoms. The average molecular weight is 401 g/mol. The third-order valence-corrected chi connectivity index (χ3v) is 6.57. The molecular formula is C15H25N6O5S+. The Morgan fingerprint density at radius 3 is 2.93 bits per heavy atom. The quantitative estimate of drug-likeness (QED) is 0.272. The number of nitrogens with two attached hydrogens (primary N) is 2. The first-order valence-corrected chi connectivity index (χ1v) is 10.5. The van der Waals surface area contributed by atoms with E-state index in [9.17, 15) is 15.0 Å². The van der Waals surface area contributed by atoms with Crippen molar-refractivity contribution < 1.29 is 24.9 Å². The van der Waals surface area contributed by atoms with Crippen LogP contribution >= 0.6 is 0 Å². The standard InChI is InChI=1S/C15H24N6O5S/c1-27(3-2-7(16)15(24)25)4-8-10(22)11(23)14(26-8)21-6-20-9-12(17)18-5-19-13(9)21/h5,7-8,10-11,14,20,22-23H,2-4,6,16H2,1H3,(H2-,17,18,19,24,25)/p+1/t7-,8?,10+,11+,14+,27?/m0/s1. The van der Waals surface area contributed by atoms with Crippen LogP contribution in [0.15, 0.2) is 6.33 Å². The normalized spacial score (nSPS) is 29.3. The third kappa shape index (κ3) is 4.04. The Labute approximate surface area is 159 Å². The van der Waals surface area contributed by atoms with Gasteiger partial charge >= 0.3 is 5.97 Å². The van der Waals surface area contributed by atoms with Gasteiger partial charge in [-0.2, -0.15) is 0 Å². The first-order valence-electron chi connectivity index (χ1n) is 8.49. The fraction of sp³-hybridized carbons (Fsp3) is 0.667. The lowest BCUT2D eigenvalue weighted by atomic mass is 10.1. The number of hydrogen-bond acceptors (Lipinski definition) is 10. The molecule has 2 unspecified atom stereocenters. The number of fused-ring (bicyclic) bond motifs is 1. The fourth-order valence-corrected chi connectivity index (χ4v) is 4.83. The number of carboxylic acid groups (broad SMARTS) is 1. The molecule has 0 bridgehead atoms. The Morgan fingerprint density at radius 2 is 2.22 bits per heavy atom. The number of aliphatic carboxylic acids is 1. The summed E-state index contributed by atoms with van der Waals surface area (Å²) >= 11 is 0. The van der Waals surface area contributed by atoms with Gasteiger partial charge in [0.25, 0.3) is 0 Å². The van der Waals surface area contributed by atoms with Crippen molar-refractivity contribution in [3.63, 3.8) is 0 Å². The Balaban J connectivity index is 1.62. The van der Waals surface area contributed by atoms with Crippen molar-refractivity contribution in [3.05, 3.63) is 6.33 Å². The Kier molecular flexibility index (Phi) is 5.91. The Bertz CT molecular complexity index is 697. The van der Waals surface area contributed by atoms with E-state index in [1.165, 1.54) is 6.33 Å². The number of nitrogen functional groups attached to an aromatic ring is 1. The molecule has 3 heterocycles. The summed E-state index contributed by atoms with van der Waals surface area (Å²) in [7, 11) is -0.217. The summed E-state index contributed by atoms with van der Waals surface area (Å²) in [5.41, 5.74) is 11.9. The molecule has 0 aromatic carbocycles. The Hall–Kier alpha value is -1.86. The van der Waals surface area contributed by atoms with Crippen LogP contribution in [0.5, 0.6) is 0 Å². The van der Waals surface area contributed by atoms with Crippen molar-refractivity contribution in [2.24, 2.45) is 5.73 Å². The van der Waals surface area contributed by atoms with Gasteiger partial charge in [-0.25, -0.2) is 9.97 Å². The number of rotatable bonds is 7. The van der Waals surface area contributed by atoms with E-state index in [0.717, 1.165) is 0 Å². The van der Waals surface area contributed by atoms with Gasteiger partial charge in [-0.1, -0.05) is 0 Å². The third-order valence-electron chi connectivity index (χ3n) is 4.74. The molecule has 27 heavy (non-hydrogen) atoms. The fourth-order valence-electron chi connectivity index (χ4n) is 3.17. The van der Waals surface area contributed by atoms with Crippen LogP contribution in [0, 0.1) is 0 Å². The molecule has 8 N–H and O–H groups in total. The summed E-state index contributed by atoms with van der Waals surface area (Å²) in [6.07, 6.45) is 0.139. The van der Waals surface area contributed by atoms with Gasteiger partial charge in [0, 0.05) is 6.42 Å². The molecule has 2 aliphatic rings. The largest absolute Gasteiger partial charge is 0.480 e. The second-order valence-electron chi connectivity index (χ2n) is 6.69. The number of aliphatic hydroxyl groups is 2. The monoisotopic (exact) mass is 401 g/mol. The average Bonchev–Trinajstić information content (AvgIpc) is 3.17. The summed E-state index contributed by atoms with van der Waals surface area (Å²) in [4.78, 5) is 20.6. The molecule has 0 saturated carbocycles. The number of aliphatic hydroxyl groups excluding tert-OH is 2. The molecular weight excluding hydrogens is 376 g/mol. The first kappa shape index (κ1) is 19.9. The van der Waals surface area contributed by atoms with Crippen LogP contribution in [0.4, 0.5) is 17.3 Å². The number of carboxylic acids is 1. The van der Waals surface area contributed by atoms with Crippen LogP contribution in [0.1, 0.15) is 6.42 Å². The van der Waals surface area contributed by atoms with E-state index in [0.29, 0.717) is 41.9 Å². The lowest BCUT2D eigenvalue weighted by molar-refractivity contribution is -0.138. The molecule has 0 amide bonds. The van der Waals surface area contributed by atoms with E-state index < -0.39 is 36.6 Å². The van der Waals surface area contributed by atoms with E-state index >= 15 is 0 Å². The van der Waals surface area contributed by atoms with E-state index in [2.05, 4.69) is 15.3 Å². The smallest absolute Gasteiger partial charge is 0.320 e. The van der Waals surface area contributed by atoms with Gasteiger partial charge in [-0.15, -0.1) is 0 Å². The maximum atomic E-state index is 10.8. The number of nitrogens with zero attached hydrogens (tertiary/aromatic N) is 3. The zero-order valence-electron chi connectivity index (χ0n) is 14.9. The minimum atomic E-state index is -1.11. The highest BCUT2D eigenvalue weighted by atomic mass is 32.2. The first-order chi connectivity index (χ1) is 12.8. The van der Waals surface area contributed by atoms with Crippen molar-refractivity contribution in [2.75, 3.05) is 40.4 Å². The second-order valence-corrected chi connectivity index (χ2v) is 9.00. The number of ether oxygens (including phenoxy) is 1. The van der Waals surface area contributed by atoms with Crippen LogP contribution in [0.2, 0.25) is 0 Å². The number of nitrogens with one attached hydrogen (secondary N) is 1. The number of aromatic nitrogens is 2. The molecule has 12 heteroatoms. The molecule has 0 aliphatic carbocycles. The highest BCUT2D eigenvalue weighted by Crippen LogP contribution is 2.37. The topological polar surface area (TPSA) is 180 Å². The van der Waals surface area contributed by atoms with Crippen LogP contribution in [0.3, 0.4) is 0 Å². The predicted octanol–water partition coefficient (Wildman–Crippen LogP) is -2.25. The van der Waals surface area contributed by atoms with Gasteiger partial charge in [-0.3, -0.25) is 4.79 Å². The SMILES string of the molecule is C[S+](CC[C@H](N)C(=O)O)CC1O[C@@H](N2CNc3c(N)ncnc32)[C@H](O)[C@@H]1O. The summed E-state index contributed by atoms with van der Waals surface area (Å²) in [5, 5.41) is 32.8. The van der Waals surface area contributed by atoms with Gasteiger partial charge < -0.3 is 41.7 Å². The molecule has 3 rings (SSSR count). The van der Waals surface area contributed by atoms with Crippen molar-refractivity contribution in [3.8, 4) is 0 Å². The summed E-state index contributed by atoms with van der Waals surface area (Å²) in [6.45, 7) is 0.324. The molecule has 1 aromatic heterocycles. The molecule has 1 aromatic rings. The molecule has 1 saturated heterocycles. The number of anilines is 3.